The quantitative estimate of drug-likeness (QED) is 0.736. The number of methoxy groups -OCH3 is 1. The molecule has 3 aromatic rings. The lowest BCUT2D eigenvalue weighted by molar-refractivity contribution is 0.103. The van der Waals surface area contributed by atoms with Gasteiger partial charge in [0.15, 0.2) is 5.78 Å². The monoisotopic (exact) mass is 279 g/mol. The Kier molecular flexibility index (Phi) is 3.26. The van der Waals surface area contributed by atoms with Crippen LogP contribution in [0.25, 0.3) is 10.9 Å². The summed E-state index contributed by atoms with van der Waals surface area (Å²) in [7, 11) is 1.62. The molecule has 1 heterocycles. The van der Waals surface area contributed by atoms with Gasteiger partial charge in [-0.05, 0) is 26.0 Å². The summed E-state index contributed by atoms with van der Waals surface area (Å²) >= 11 is 0. The summed E-state index contributed by atoms with van der Waals surface area (Å²) in [6.45, 7) is 3.93. The lowest BCUT2D eigenvalue weighted by Crippen LogP contribution is -2.03. The first-order chi connectivity index (χ1) is 10.1. The number of fused-ring (bicyclic) bond motifs is 1. The van der Waals surface area contributed by atoms with Crippen LogP contribution in [0.1, 0.15) is 27.2 Å². The summed E-state index contributed by atoms with van der Waals surface area (Å²) in [6.07, 6.45) is 0. The van der Waals surface area contributed by atoms with E-state index in [1.165, 1.54) is 0 Å². The summed E-state index contributed by atoms with van der Waals surface area (Å²) in [5.41, 5.74) is 4.30. The third-order valence-electron chi connectivity index (χ3n) is 3.73. The highest BCUT2D eigenvalue weighted by Crippen LogP contribution is 2.32. The second kappa shape index (κ2) is 5.09. The van der Waals surface area contributed by atoms with Crippen molar-refractivity contribution in [3.05, 3.63) is 64.8 Å². The molecule has 21 heavy (non-hydrogen) atoms. The Morgan fingerprint density at radius 1 is 1.05 bits per heavy atom. The number of rotatable bonds is 3. The van der Waals surface area contributed by atoms with Gasteiger partial charge >= 0.3 is 0 Å². The number of hydrogen-bond donors (Lipinski definition) is 1. The minimum atomic E-state index is 0.0169. The van der Waals surface area contributed by atoms with Gasteiger partial charge in [0.25, 0.3) is 0 Å². The molecule has 1 aromatic heterocycles. The van der Waals surface area contributed by atoms with E-state index in [9.17, 15) is 4.79 Å². The zero-order chi connectivity index (χ0) is 15.0. The summed E-state index contributed by atoms with van der Waals surface area (Å²) in [5.74, 6) is 0.732. The van der Waals surface area contributed by atoms with E-state index in [2.05, 4.69) is 4.98 Å². The predicted molar refractivity (Wildman–Crippen MR) is 84.2 cm³/mol. The van der Waals surface area contributed by atoms with Gasteiger partial charge in [-0.3, -0.25) is 4.79 Å². The molecular formula is C18H17NO2. The van der Waals surface area contributed by atoms with E-state index < -0.39 is 0 Å². The van der Waals surface area contributed by atoms with Crippen LogP contribution in [0.4, 0.5) is 0 Å². The second-order valence-electron chi connectivity index (χ2n) is 5.20. The average Bonchev–Trinajstić information content (AvgIpc) is 2.83. The molecule has 0 saturated heterocycles. The highest BCUT2D eigenvalue weighted by atomic mass is 16.5. The van der Waals surface area contributed by atoms with Crippen molar-refractivity contribution in [1.29, 1.82) is 0 Å². The number of carbonyl (C=O) groups excluding carboxylic acids is 1. The molecule has 1 N–H and O–H groups in total. The van der Waals surface area contributed by atoms with Crippen LogP contribution in [-0.4, -0.2) is 17.9 Å². The standard InChI is InChI=1S/C18H17NO2/c1-11-7-9-13(10-8-11)18(20)16-12(2)19-14-5-4-6-15(21-3)17(14)16/h4-10,19H,1-3H3. The molecule has 0 atom stereocenters. The number of H-pyrrole nitrogens is 1. The van der Waals surface area contributed by atoms with Gasteiger partial charge in [-0.2, -0.15) is 0 Å². The van der Waals surface area contributed by atoms with Crippen molar-refractivity contribution in [2.75, 3.05) is 7.11 Å². The first-order valence-corrected chi connectivity index (χ1v) is 6.88. The van der Waals surface area contributed by atoms with Crippen LogP contribution in [0.2, 0.25) is 0 Å². The number of nitrogens with one attached hydrogen (secondary N) is 1. The van der Waals surface area contributed by atoms with Crippen LogP contribution >= 0.6 is 0 Å². The minimum absolute atomic E-state index is 0.0169. The molecule has 0 radical (unpaired) electrons. The fourth-order valence-corrected chi connectivity index (χ4v) is 2.65. The van der Waals surface area contributed by atoms with Crippen LogP contribution in [0, 0.1) is 13.8 Å². The molecule has 2 aromatic carbocycles. The van der Waals surface area contributed by atoms with Gasteiger partial charge < -0.3 is 9.72 Å². The Hall–Kier alpha value is -2.55. The highest BCUT2D eigenvalue weighted by molar-refractivity contribution is 6.18. The molecule has 3 rings (SSSR count). The van der Waals surface area contributed by atoms with E-state index in [0.717, 1.165) is 22.2 Å². The van der Waals surface area contributed by atoms with Crippen molar-refractivity contribution < 1.29 is 9.53 Å². The van der Waals surface area contributed by atoms with E-state index in [1.807, 2.05) is 56.3 Å². The molecular weight excluding hydrogens is 262 g/mol. The first-order valence-electron chi connectivity index (χ1n) is 6.88. The molecule has 0 amide bonds. The number of carbonyl (C=O) groups is 1. The van der Waals surface area contributed by atoms with E-state index in [1.54, 1.807) is 7.11 Å². The maximum atomic E-state index is 12.8. The van der Waals surface area contributed by atoms with Gasteiger partial charge in [0.2, 0.25) is 0 Å². The lowest BCUT2D eigenvalue weighted by Gasteiger charge is -2.06. The molecule has 0 saturated carbocycles. The topological polar surface area (TPSA) is 42.1 Å². The van der Waals surface area contributed by atoms with Crippen molar-refractivity contribution in [3.8, 4) is 5.75 Å². The Balaban J connectivity index is 2.22. The molecule has 0 fully saturated rings. The fourth-order valence-electron chi connectivity index (χ4n) is 2.65. The molecule has 3 nitrogen and oxygen atoms in total. The lowest BCUT2D eigenvalue weighted by atomic mass is 9.99. The van der Waals surface area contributed by atoms with E-state index >= 15 is 0 Å². The Morgan fingerprint density at radius 3 is 2.43 bits per heavy atom. The number of ketones is 1. The zero-order valence-corrected chi connectivity index (χ0v) is 12.4. The smallest absolute Gasteiger partial charge is 0.195 e. The molecule has 3 heteroatoms. The predicted octanol–water partition coefficient (Wildman–Crippen LogP) is 4.02. The van der Waals surface area contributed by atoms with Crippen LogP contribution in [0.3, 0.4) is 0 Å². The minimum Gasteiger partial charge on any atom is -0.496 e. The maximum Gasteiger partial charge on any atom is 0.195 e. The Morgan fingerprint density at radius 2 is 1.76 bits per heavy atom. The molecule has 0 aliphatic carbocycles. The Bertz CT molecular complexity index is 813. The molecule has 0 unspecified atom stereocenters. The van der Waals surface area contributed by atoms with Crippen LogP contribution in [-0.2, 0) is 0 Å². The maximum absolute atomic E-state index is 12.8. The average molecular weight is 279 g/mol. The second-order valence-corrected chi connectivity index (χ2v) is 5.20. The number of ether oxygens (including phenoxy) is 1. The SMILES string of the molecule is COc1cccc2[nH]c(C)c(C(=O)c3ccc(C)cc3)c12. The third kappa shape index (κ3) is 2.21. The summed E-state index contributed by atoms with van der Waals surface area (Å²) in [5, 5.41) is 0.850. The summed E-state index contributed by atoms with van der Waals surface area (Å²) in [6, 6.07) is 13.4. The number of benzene rings is 2. The molecule has 106 valence electrons. The normalized spacial score (nSPS) is 10.8. The van der Waals surface area contributed by atoms with Gasteiger partial charge in [0.05, 0.1) is 23.6 Å². The number of aryl methyl sites for hydroxylation is 2. The largest absolute Gasteiger partial charge is 0.496 e. The van der Waals surface area contributed by atoms with Gasteiger partial charge in [-0.25, -0.2) is 0 Å². The van der Waals surface area contributed by atoms with Crippen molar-refractivity contribution >= 4 is 16.7 Å². The van der Waals surface area contributed by atoms with Crippen molar-refractivity contribution in [2.24, 2.45) is 0 Å². The van der Waals surface area contributed by atoms with E-state index in [4.69, 9.17) is 4.74 Å². The molecule has 0 spiro atoms. The van der Waals surface area contributed by atoms with Crippen molar-refractivity contribution in [1.82, 2.24) is 4.98 Å². The molecule has 0 aliphatic heterocycles. The summed E-state index contributed by atoms with van der Waals surface area (Å²) < 4.78 is 5.41. The number of aromatic nitrogens is 1. The van der Waals surface area contributed by atoms with E-state index in [0.29, 0.717) is 16.9 Å². The Labute approximate surface area is 123 Å². The van der Waals surface area contributed by atoms with Crippen LogP contribution in [0.5, 0.6) is 5.75 Å². The number of hydrogen-bond acceptors (Lipinski definition) is 2. The van der Waals surface area contributed by atoms with Gasteiger partial charge in [-0.15, -0.1) is 0 Å². The van der Waals surface area contributed by atoms with Crippen LogP contribution < -0.4 is 4.74 Å². The summed E-state index contributed by atoms with van der Waals surface area (Å²) in [4.78, 5) is 16.1. The first kappa shape index (κ1) is 13.4. The highest BCUT2D eigenvalue weighted by Gasteiger charge is 2.20. The van der Waals surface area contributed by atoms with E-state index in [-0.39, 0.29) is 5.78 Å². The van der Waals surface area contributed by atoms with Gasteiger partial charge in [-0.1, -0.05) is 35.9 Å². The number of aromatic amines is 1. The van der Waals surface area contributed by atoms with Gasteiger partial charge in [0, 0.05) is 11.3 Å². The fraction of sp³-hybridized carbons (Fsp3) is 0.167. The molecule has 0 aliphatic rings. The van der Waals surface area contributed by atoms with Crippen molar-refractivity contribution in [2.45, 2.75) is 13.8 Å². The van der Waals surface area contributed by atoms with Crippen molar-refractivity contribution in [3.63, 3.8) is 0 Å². The van der Waals surface area contributed by atoms with Crippen LogP contribution in [0.15, 0.2) is 42.5 Å². The third-order valence-corrected chi connectivity index (χ3v) is 3.73. The van der Waals surface area contributed by atoms with Gasteiger partial charge in [0.1, 0.15) is 5.75 Å². The molecule has 0 bridgehead atoms. The zero-order valence-electron chi connectivity index (χ0n) is 12.4.